The Labute approximate surface area is 89.9 Å². The second kappa shape index (κ2) is 6.01. The van der Waals surface area contributed by atoms with Gasteiger partial charge in [0.15, 0.2) is 0 Å². The lowest BCUT2D eigenvalue weighted by atomic mass is 10.3. The monoisotopic (exact) mass is 208 g/mol. The summed E-state index contributed by atoms with van der Waals surface area (Å²) in [6.45, 7) is 3.50. The number of aromatic nitrogens is 1. The molecular weight excluding hydrogens is 192 g/mol. The molecule has 82 valence electrons. The first-order valence-corrected chi connectivity index (χ1v) is 5.00. The molecule has 0 bridgehead atoms. The largest absolute Gasteiger partial charge is 0.469 e. The van der Waals surface area contributed by atoms with Gasteiger partial charge < -0.3 is 9.64 Å². The summed E-state index contributed by atoms with van der Waals surface area (Å²) < 4.78 is 4.59. The van der Waals surface area contributed by atoms with Gasteiger partial charge in [0.1, 0.15) is 5.82 Å². The van der Waals surface area contributed by atoms with Crippen LogP contribution in [0.4, 0.5) is 5.82 Å². The molecule has 1 heterocycles. The normalized spacial score (nSPS) is 9.73. The van der Waals surface area contributed by atoms with Crippen LogP contribution in [0, 0.1) is 0 Å². The van der Waals surface area contributed by atoms with Crippen molar-refractivity contribution in [2.24, 2.45) is 0 Å². The number of carbonyl (C=O) groups is 1. The minimum atomic E-state index is -0.190. The molecule has 1 aromatic rings. The number of anilines is 1. The maximum absolute atomic E-state index is 11.0. The molecule has 0 aliphatic carbocycles. The molecule has 0 fully saturated rings. The summed E-state index contributed by atoms with van der Waals surface area (Å²) in [6.07, 6.45) is 2.14. The molecule has 1 rings (SSSR count). The second-order valence-electron chi connectivity index (χ2n) is 3.09. The number of rotatable bonds is 5. The summed E-state index contributed by atoms with van der Waals surface area (Å²) in [7, 11) is 1.40. The van der Waals surface area contributed by atoms with E-state index in [1.54, 1.807) is 6.20 Å². The number of ether oxygens (including phenoxy) is 1. The Balaban J connectivity index is 2.53. The van der Waals surface area contributed by atoms with Crippen molar-refractivity contribution >= 4 is 11.8 Å². The molecule has 1 aromatic heterocycles. The fourth-order valence-corrected chi connectivity index (χ4v) is 1.30. The molecule has 0 amide bonds. The predicted molar refractivity (Wildman–Crippen MR) is 58.8 cm³/mol. The molecule has 0 spiro atoms. The van der Waals surface area contributed by atoms with Crippen molar-refractivity contribution in [3.63, 3.8) is 0 Å². The van der Waals surface area contributed by atoms with Crippen LogP contribution in [0.25, 0.3) is 0 Å². The topological polar surface area (TPSA) is 42.4 Å². The fourth-order valence-electron chi connectivity index (χ4n) is 1.30. The van der Waals surface area contributed by atoms with Gasteiger partial charge in [-0.05, 0) is 19.1 Å². The predicted octanol–water partition coefficient (Wildman–Crippen LogP) is 1.47. The number of nitrogens with zero attached hydrogens (tertiary/aromatic N) is 2. The summed E-state index contributed by atoms with van der Waals surface area (Å²) in [5, 5.41) is 0. The van der Waals surface area contributed by atoms with Crippen molar-refractivity contribution in [3.05, 3.63) is 24.4 Å². The van der Waals surface area contributed by atoms with E-state index in [1.807, 2.05) is 30.0 Å². The Bertz CT molecular complexity index is 301. The first-order valence-electron chi connectivity index (χ1n) is 5.00. The molecule has 4 heteroatoms. The summed E-state index contributed by atoms with van der Waals surface area (Å²) in [5.41, 5.74) is 0. The van der Waals surface area contributed by atoms with E-state index in [4.69, 9.17) is 0 Å². The molecule has 0 radical (unpaired) electrons. The number of hydrogen-bond acceptors (Lipinski definition) is 4. The van der Waals surface area contributed by atoms with Crippen LogP contribution in [0.15, 0.2) is 24.4 Å². The number of esters is 1. The van der Waals surface area contributed by atoms with Gasteiger partial charge >= 0.3 is 5.97 Å². The molecule has 15 heavy (non-hydrogen) atoms. The lowest BCUT2D eigenvalue weighted by Crippen LogP contribution is -2.26. The Hall–Kier alpha value is -1.58. The van der Waals surface area contributed by atoms with Crippen LogP contribution in [0.3, 0.4) is 0 Å². The van der Waals surface area contributed by atoms with Gasteiger partial charge in [-0.15, -0.1) is 0 Å². The van der Waals surface area contributed by atoms with E-state index in [1.165, 1.54) is 7.11 Å². The van der Waals surface area contributed by atoms with E-state index < -0.39 is 0 Å². The van der Waals surface area contributed by atoms with E-state index in [-0.39, 0.29) is 5.97 Å². The van der Waals surface area contributed by atoms with Crippen molar-refractivity contribution in [2.45, 2.75) is 13.3 Å². The Morgan fingerprint density at radius 2 is 2.33 bits per heavy atom. The van der Waals surface area contributed by atoms with E-state index in [2.05, 4.69) is 9.72 Å². The average molecular weight is 208 g/mol. The zero-order valence-corrected chi connectivity index (χ0v) is 9.14. The second-order valence-corrected chi connectivity index (χ2v) is 3.09. The standard InChI is InChI=1S/C11H16N2O2/c1-3-13(9-7-11(14)15-2)10-6-4-5-8-12-10/h4-6,8H,3,7,9H2,1-2H3. The van der Waals surface area contributed by atoms with Gasteiger partial charge in [0.2, 0.25) is 0 Å². The number of pyridine rings is 1. The summed E-state index contributed by atoms with van der Waals surface area (Å²) in [5.74, 6) is 0.702. The van der Waals surface area contributed by atoms with Gasteiger partial charge in [0.05, 0.1) is 13.5 Å². The van der Waals surface area contributed by atoms with Gasteiger partial charge in [-0.25, -0.2) is 4.98 Å². The Kier molecular flexibility index (Phi) is 4.60. The molecule has 0 aliphatic rings. The Morgan fingerprint density at radius 1 is 1.53 bits per heavy atom. The zero-order chi connectivity index (χ0) is 11.1. The highest BCUT2D eigenvalue weighted by Gasteiger charge is 2.07. The molecular formula is C11H16N2O2. The van der Waals surface area contributed by atoms with E-state index in [0.29, 0.717) is 13.0 Å². The number of hydrogen-bond donors (Lipinski definition) is 0. The van der Waals surface area contributed by atoms with Crippen molar-refractivity contribution in [2.75, 3.05) is 25.1 Å². The van der Waals surface area contributed by atoms with Gasteiger partial charge in [-0.3, -0.25) is 4.79 Å². The van der Waals surface area contributed by atoms with Crippen molar-refractivity contribution in [1.29, 1.82) is 0 Å². The van der Waals surface area contributed by atoms with E-state index >= 15 is 0 Å². The van der Waals surface area contributed by atoms with Crippen LogP contribution in [-0.2, 0) is 9.53 Å². The molecule has 0 aliphatic heterocycles. The third kappa shape index (κ3) is 3.58. The van der Waals surface area contributed by atoms with Crippen LogP contribution in [0.5, 0.6) is 0 Å². The zero-order valence-electron chi connectivity index (χ0n) is 9.14. The van der Waals surface area contributed by atoms with E-state index in [9.17, 15) is 4.79 Å². The van der Waals surface area contributed by atoms with Crippen LogP contribution in [-0.4, -0.2) is 31.2 Å². The van der Waals surface area contributed by atoms with Crippen LogP contribution in [0.1, 0.15) is 13.3 Å². The molecule has 0 saturated carbocycles. The quantitative estimate of drug-likeness (QED) is 0.687. The molecule has 4 nitrogen and oxygen atoms in total. The molecule has 0 saturated heterocycles. The summed E-state index contributed by atoms with van der Waals surface area (Å²) in [6, 6.07) is 5.74. The minimum Gasteiger partial charge on any atom is -0.469 e. The maximum atomic E-state index is 11.0. The molecule has 0 unspecified atom stereocenters. The number of methoxy groups -OCH3 is 1. The third-order valence-corrected chi connectivity index (χ3v) is 2.17. The van der Waals surface area contributed by atoms with Gasteiger partial charge in [-0.1, -0.05) is 6.07 Å². The minimum absolute atomic E-state index is 0.190. The first-order chi connectivity index (χ1) is 7.27. The Morgan fingerprint density at radius 3 is 2.87 bits per heavy atom. The highest BCUT2D eigenvalue weighted by Crippen LogP contribution is 2.09. The van der Waals surface area contributed by atoms with E-state index in [0.717, 1.165) is 12.4 Å². The molecule has 0 N–H and O–H groups in total. The molecule has 0 atom stereocenters. The lowest BCUT2D eigenvalue weighted by Gasteiger charge is -2.20. The average Bonchev–Trinajstić information content (AvgIpc) is 2.31. The van der Waals surface area contributed by atoms with Crippen molar-refractivity contribution < 1.29 is 9.53 Å². The fraction of sp³-hybridized carbons (Fsp3) is 0.455. The SMILES string of the molecule is CCN(CCC(=O)OC)c1ccccn1. The van der Waals surface area contributed by atoms with Crippen LogP contribution < -0.4 is 4.90 Å². The smallest absolute Gasteiger partial charge is 0.307 e. The third-order valence-electron chi connectivity index (χ3n) is 2.17. The lowest BCUT2D eigenvalue weighted by molar-refractivity contribution is -0.140. The highest BCUT2D eigenvalue weighted by atomic mass is 16.5. The maximum Gasteiger partial charge on any atom is 0.307 e. The highest BCUT2D eigenvalue weighted by molar-refractivity contribution is 5.69. The number of carbonyl (C=O) groups excluding carboxylic acids is 1. The van der Waals surface area contributed by atoms with Gasteiger partial charge in [0.25, 0.3) is 0 Å². The van der Waals surface area contributed by atoms with Crippen molar-refractivity contribution in [3.8, 4) is 0 Å². The van der Waals surface area contributed by atoms with Gasteiger partial charge in [-0.2, -0.15) is 0 Å². The van der Waals surface area contributed by atoms with Crippen molar-refractivity contribution in [1.82, 2.24) is 4.98 Å². The van der Waals surface area contributed by atoms with Crippen LogP contribution in [0.2, 0.25) is 0 Å². The first kappa shape index (κ1) is 11.5. The molecule has 0 aromatic carbocycles. The van der Waals surface area contributed by atoms with Gasteiger partial charge in [0, 0.05) is 19.3 Å². The summed E-state index contributed by atoms with van der Waals surface area (Å²) >= 11 is 0. The summed E-state index contributed by atoms with van der Waals surface area (Å²) in [4.78, 5) is 17.3. The van der Waals surface area contributed by atoms with Crippen LogP contribution >= 0.6 is 0 Å².